The number of methoxy groups -OCH3 is 1. The van der Waals surface area contributed by atoms with Crippen LogP contribution in [0.15, 0.2) is 41.0 Å². The van der Waals surface area contributed by atoms with Crippen LogP contribution in [0.3, 0.4) is 0 Å². The molecule has 0 unspecified atom stereocenters. The van der Waals surface area contributed by atoms with Crippen molar-refractivity contribution >= 4 is 61.6 Å². The highest BCUT2D eigenvalue weighted by Gasteiger charge is 2.41. The number of hydrazine groups is 1. The summed E-state index contributed by atoms with van der Waals surface area (Å²) in [4.78, 5) is 71.7. The molecule has 2 N–H and O–H groups in total. The van der Waals surface area contributed by atoms with E-state index in [1.807, 2.05) is 40.0 Å². The van der Waals surface area contributed by atoms with Crippen LogP contribution in [0, 0.1) is 23.1 Å². The number of urea groups is 1. The summed E-state index contributed by atoms with van der Waals surface area (Å²) in [6.45, 7) is 14.9. The van der Waals surface area contributed by atoms with E-state index in [-0.39, 0.29) is 38.2 Å². The van der Waals surface area contributed by atoms with Gasteiger partial charge in [-0.2, -0.15) is 4.39 Å². The van der Waals surface area contributed by atoms with Gasteiger partial charge in [0.2, 0.25) is 20.9 Å². The number of hydrogen-bond donors (Lipinski definition) is 2. The number of halogens is 2. The van der Waals surface area contributed by atoms with Gasteiger partial charge in [0.15, 0.2) is 0 Å². The summed E-state index contributed by atoms with van der Waals surface area (Å²) in [7, 11) is -0.929. The summed E-state index contributed by atoms with van der Waals surface area (Å²) in [6, 6.07) is 1.75. The Bertz CT molecular complexity index is 2890. The number of morpholine rings is 1. The number of benzene rings is 1. The fourth-order valence-corrected chi connectivity index (χ4v) is 11.5. The number of esters is 1. The molecule has 0 radical (unpaired) electrons. The maximum atomic E-state index is 16.9. The molecule has 4 aliphatic heterocycles. The number of carbonyl (C=O) groups excluding carboxylic acids is 4. The molecule has 4 amide bonds. The number of aryl methyl sites for hydroxylation is 1. The molecule has 3 aromatic heterocycles. The lowest BCUT2D eigenvalue weighted by atomic mass is 9.84. The number of amides is 4. The number of nitrogens with one attached hydrogen (secondary N) is 2. The van der Waals surface area contributed by atoms with Crippen LogP contribution >= 0.6 is 11.3 Å². The number of pyridine rings is 1. The topological polar surface area (TPSA) is 198 Å². The molecule has 0 saturated carbocycles. The smallest absolute Gasteiger partial charge is 0.324 e. The van der Waals surface area contributed by atoms with Gasteiger partial charge in [-0.3, -0.25) is 24.4 Å². The Balaban J connectivity index is 1.18. The Morgan fingerprint density at radius 3 is 2.51 bits per heavy atom. The second kappa shape index (κ2) is 21.7. The molecule has 1 aromatic carbocycles. The van der Waals surface area contributed by atoms with Crippen LogP contribution in [0.5, 0.6) is 0 Å². The highest BCUT2D eigenvalue weighted by Crippen LogP contribution is 2.44. The molecule has 18 nitrogen and oxygen atoms in total. The Kier molecular flexibility index (Phi) is 16.0. The summed E-state index contributed by atoms with van der Waals surface area (Å²) < 4.78 is 74.2. The number of fused-ring (bicyclic) bond motifs is 6. The maximum absolute atomic E-state index is 16.9. The molecule has 8 rings (SSSR count). The lowest BCUT2D eigenvalue weighted by Gasteiger charge is -2.42. The molecule has 6 bridgehead atoms. The van der Waals surface area contributed by atoms with Gasteiger partial charge in [0.25, 0.3) is 5.91 Å². The average molecular weight is 1050 g/mol. The molecule has 22 heteroatoms. The van der Waals surface area contributed by atoms with Crippen molar-refractivity contribution in [1.29, 1.82) is 0 Å². The summed E-state index contributed by atoms with van der Waals surface area (Å²) in [5.41, 5.74) is 7.88. The Morgan fingerprint density at radius 1 is 1.11 bits per heavy atom. The third kappa shape index (κ3) is 11.4. The summed E-state index contributed by atoms with van der Waals surface area (Å²) in [5.74, 6) is -3.21. The molecule has 0 aliphatic carbocycles. The highest BCUT2D eigenvalue weighted by atomic mass is 32.2. The Hall–Kier alpha value is -5.55. The fourth-order valence-electron chi connectivity index (χ4n) is 10.2. The van der Waals surface area contributed by atoms with Gasteiger partial charge in [-0.1, -0.05) is 27.7 Å². The Morgan fingerprint density at radius 2 is 1.84 bits per heavy atom. The molecule has 396 valence electrons. The van der Waals surface area contributed by atoms with Crippen LogP contribution in [0.1, 0.15) is 76.8 Å². The lowest BCUT2D eigenvalue weighted by Crippen LogP contribution is -2.63. The van der Waals surface area contributed by atoms with Crippen LogP contribution in [0.2, 0.25) is 0 Å². The van der Waals surface area contributed by atoms with Gasteiger partial charge in [0.05, 0.1) is 65.4 Å². The average Bonchev–Trinajstić information content (AvgIpc) is 3.93. The zero-order chi connectivity index (χ0) is 52.7. The molecule has 3 fully saturated rings. The molecule has 73 heavy (non-hydrogen) atoms. The van der Waals surface area contributed by atoms with Crippen molar-refractivity contribution in [2.75, 3.05) is 77.9 Å². The van der Waals surface area contributed by atoms with Gasteiger partial charge in [0.1, 0.15) is 23.9 Å². The minimum Gasteiger partial charge on any atom is -0.464 e. The van der Waals surface area contributed by atoms with Gasteiger partial charge < -0.3 is 38.8 Å². The van der Waals surface area contributed by atoms with Crippen molar-refractivity contribution < 1.29 is 50.6 Å². The van der Waals surface area contributed by atoms with Crippen molar-refractivity contribution in [3.8, 4) is 22.5 Å². The first-order valence-corrected chi connectivity index (χ1v) is 27.6. The SMILES string of the molecule is CCn1c(-c2cc(N3CCOCC3)cnc2[C@H](C)OC)c2c3cc(c(F)cc31)-c1csc(n1)C[C@H](NC(=O)[C@H](C(C)C)N(C)C(=O)N1CC(/C=C(\F)S(C)(=O)=O)C1)C(=O)N1CCC[C@H](N1)C(=O)OCC(C)(C)C2. The third-order valence-corrected chi connectivity index (χ3v) is 15.9. The van der Waals surface area contributed by atoms with Gasteiger partial charge >= 0.3 is 12.0 Å². The highest BCUT2D eigenvalue weighted by molar-refractivity contribution is 7.94. The molecule has 7 heterocycles. The number of likely N-dealkylation sites (tertiary alicyclic amines) is 1. The van der Waals surface area contributed by atoms with E-state index in [9.17, 15) is 32.0 Å². The molecule has 4 aliphatic rings. The number of nitrogens with zero attached hydrogens (tertiary/aromatic N) is 7. The van der Waals surface area contributed by atoms with Crippen molar-refractivity contribution in [3.63, 3.8) is 0 Å². The number of aromatic nitrogens is 3. The van der Waals surface area contributed by atoms with Crippen molar-refractivity contribution in [3.05, 3.63) is 63.1 Å². The quantitative estimate of drug-likeness (QED) is 0.165. The number of sulfone groups is 1. The van der Waals surface area contributed by atoms with Crippen LogP contribution in [0.4, 0.5) is 19.3 Å². The lowest BCUT2D eigenvalue weighted by molar-refractivity contribution is -0.155. The summed E-state index contributed by atoms with van der Waals surface area (Å²) in [6.07, 6.45) is 4.36. The van der Waals surface area contributed by atoms with Crippen molar-refractivity contribution in [2.45, 2.75) is 98.0 Å². The number of rotatable bonds is 11. The van der Waals surface area contributed by atoms with Crippen molar-refractivity contribution in [1.82, 2.24) is 40.1 Å². The predicted molar refractivity (Wildman–Crippen MR) is 273 cm³/mol. The second-order valence-corrected chi connectivity index (χ2v) is 23.5. The number of likely N-dealkylation sites (N-methyl/N-ethyl adjacent to an activating group) is 1. The normalized spacial score (nSPS) is 21.2. The van der Waals surface area contributed by atoms with Gasteiger partial charge in [-0.15, -0.1) is 11.3 Å². The van der Waals surface area contributed by atoms with E-state index >= 15 is 4.39 Å². The molecule has 4 atom stereocenters. The van der Waals surface area contributed by atoms with E-state index in [2.05, 4.69) is 26.3 Å². The number of carbonyl (C=O) groups is 4. The van der Waals surface area contributed by atoms with E-state index in [1.54, 1.807) is 26.3 Å². The monoisotopic (exact) mass is 1050 g/mol. The minimum atomic E-state index is -4.03. The van der Waals surface area contributed by atoms with E-state index in [0.29, 0.717) is 74.0 Å². The van der Waals surface area contributed by atoms with Crippen LogP contribution in [-0.4, -0.2) is 153 Å². The predicted octanol–water partition coefficient (Wildman–Crippen LogP) is 6.04. The third-order valence-electron chi connectivity index (χ3n) is 14.2. The number of hydrogen-bond acceptors (Lipinski definition) is 14. The van der Waals surface area contributed by atoms with E-state index < -0.39 is 86.1 Å². The maximum Gasteiger partial charge on any atom is 0.324 e. The second-order valence-electron chi connectivity index (χ2n) is 20.7. The van der Waals surface area contributed by atoms with E-state index in [4.69, 9.17) is 24.2 Å². The molecular formula is C51H67F2N9O9S2. The summed E-state index contributed by atoms with van der Waals surface area (Å²) >= 11 is 1.21. The number of cyclic esters (lactones) is 1. The molecule has 0 spiro atoms. The van der Waals surface area contributed by atoms with Crippen LogP contribution < -0.4 is 15.6 Å². The van der Waals surface area contributed by atoms with Gasteiger partial charge in [-0.05, 0) is 68.9 Å². The minimum absolute atomic E-state index is 0.0148. The zero-order valence-electron chi connectivity index (χ0n) is 43.0. The first-order valence-electron chi connectivity index (χ1n) is 24.9. The fraction of sp³-hybridized carbons (Fsp3) is 0.569. The molecule has 4 aromatic rings. The zero-order valence-corrected chi connectivity index (χ0v) is 44.6. The van der Waals surface area contributed by atoms with Crippen LogP contribution in [-0.2, 0) is 57.8 Å². The van der Waals surface area contributed by atoms with E-state index in [0.717, 1.165) is 40.2 Å². The summed E-state index contributed by atoms with van der Waals surface area (Å²) in [5, 5.41) is 5.89. The van der Waals surface area contributed by atoms with Crippen LogP contribution in [0.25, 0.3) is 33.4 Å². The Labute approximate surface area is 429 Å². The van der Waals surface area contributed by atoms with Crippen molar-refractivity contribution in [2.24, 2.45) is 17.3 Å². The number of ether oxygens (including phenoxy) is 3. The largest absolute Gasteiger partial charge is 0.464 e. The standard InChI is InChI=1S/C51H67F2N9O9S2/c1-10-61-41-21-37(52)34-20-33(41)36(46(61)35-19-32(59-14-16-70-17-15-59)24-54-44(35)30(4)69-8)23-51(5,6)28-71-49(65)38-12-11-13-62(57-38)48(64)39(22-43-55-40(34)27-72-43)56-47(63)45(29(2)3)58(7)50(66)60-25-31(26-60)18-42(53)73(9,67)68/h18-21,24,27,29-31,38-39,45,57H,10-17,22-23,25-26,28H2,1-9H3,(H,56,63)/b42-18+/t30-,38-,39-,45-/m0/s1. The first-order chi connectivity index (χ1) is 34.6. The first kappa shape index (κ1) is 53.7. The van der Waals surface area contributed by atoms with E-state index in [1.165, 1.54) is 39.3 Å². The van der Waals surface area contributed by atoms with Gasteiger partial charge in [0, 0.05) is 99.3 Å². The molecule has 3 saturated heterocycles. The molecular weight excluding hydrogens is 985 g/mol. The van der Waals surface area contributed by atoms with Gasteiger partial charge in [-0.25, -0.2) is 28.0 Å². The number of thiazole rings is 1. The number of anilines is 1.